The summed E-state index contributed by atoms with van der Waals surface area (Å²) in [7, 11) is -3.98. The number of amides is 2. The highest BCUT2D eigenvalue weighted by atomic mass is 35.5. The highest BCUT2D eigenvalue weighted by molar-refractivity contribution is 7.92. The molecule has 40 heavy (non-hydrogen) atoms. The Bertz CT molecular complexity index is 1440. The van der Waals surface area contributed by atoms with E-state index in [1.54, 1.807) is 30.3 Å². The van der Waals surface area contributed by atoms with Crippen LogP contribution in [0, 0.1) is 0 Å². The Balaban J connectivity index is 2.10. The lowest BCUT2D eigenvalue weighted by atomic mass is 10.0. The van der Waals surface area contributed by atoms with Gasteiger partial charge in [0.1, 0.15) is 12.6 Å². The number of sulfonamides is 1. The first-order valence-corrected chi connectivity index (χ1v) is 15.7. The molecule has 0 aliphatic heterocycles. The second kappa shape index (κ2) is 14.2. The Hall–Kier alpha value is -2.78. The molecule has 0 spiro atoms. The van der Waals surface area contributed by atoms with Crippen LogP contribution in [-0.4, -0.2) is 50.0 Å². The van der Waals surface area contributed by atoms with Gasteiger partial charge in [-0.05, 0) is 42.7 Å². The van der Waals surface area contributed by atoms with Crippen molar-refractivity contribution < 1.29 is 18.0 Å². The summed E-state index contributed by atoms with van der Waals surface area (Å²) in [4.78, 5) is 29.2. The lowest BCUT2D eigenvalue weighted by molar-refractivity contribution is -0.140. The molecule has 0 fully saturated rings. The highest BCUT2D eigenvalue weighted by Crippen LogP contribution is 2.34. The van der Waals surface area contributed by atoms with Crippen molar-refractivity contribution in [2.45, 2.75) is 45.3 Å². The molecule has 3 rings (SSSR count). The average molecular weight is 625 g/mol. The fourth-order valence-corrected chi connectivity index (χ4v) is 5.58. The zero-order valence-electron chi connectivity index (χ0n) is 22.5. The Morgan fingerprint density at radius 2 is 1.52 bits per heavy atom. The molecule has 11 heteroatoms. The van der Waals surface area contributed by atoms with Crippen molar-refractivity contribution in [3.05, 3.63) is 99.0 Å². The predicted octanol–water partition coefficient (Wildman–Crippen LogP) is 5.97. The van der Waals surface area contributed by atoms with Crippen LogP contribution in [-0.2, 0) is 32.6 Å². The summed E-state index contributed by atoms with van der Waals surface area (Å²) in [6.45, 7) is 3.20. The molecular weight excluding hydrogens is 593 g/mol. The summed E-state index contributed by atoms with van der Waals surface area (Å²) in [5.41, 5.74) is 1.51. The lowest BCUT2D eigenvalue weighted by Gasteiger charge is -2.34. The number of hydrogen-bond donors (Lipinski definition) is 1. The number of anilines is 1. The smallest absolute Gasteiger partial charge is 0.244 e. The summed E-state index contributed by atoms with van der Waals surface area (Å²) in [5, 5.41) is 3.53. The molecule has 0 saturated carbocycles. The van der Waals surface area contributed by atoms with Crippen LogP contribution < -0.4 is 9.62 Å². The first-order chi connectivity index (χ1) is 18.9. The van der Waals surface area contributed by atoms with Gasteiger partial charge in [0.05, 0.1) is 22.0 Å². The lowest BCUT2D eigenvalue weighted by Crippen LogP contribution is -2.54. The molecule has 1 N–H and O–H groups in total. The molecule has 3 aromatic rings. The van der Waals surface area contributed by atoms with Crippen molar-refractivity contribution >= 4 is 62.3 Å². The molecule has 0 radical (unpaired) electrons. The van der Waals surface area contributed by atoms with E-state index in [1.165, 1.54) is 17.0 Å². The maximum atomic E-state index is 14.1. The first-order valence-electron chi connectivity index (χ1n) is 12.7. The Morgan fingerprint density at radius 3 is 2.15 bits per heavy atom. The maximum absolute atomic E-state index is 14.1. The highest BCUT2D eigenvalue weighted by Gasteiger charge is 2.34. The minimum Gasteiger partial charge on any atom is -0.352 e. The molecule has 0 saturated heterocycles. The minimum absolute atomic E-state index is 0.00426. The third-order valence-corrected chi connectivity index (χ3v) is 8.75. The van der Waals surface area contributed by atoms with Crippen LogP contribution in [0.3, 0.4) is 0 Å². The number of nitrogens with zero attached hydrogens (tertiary/aromatic N) is 2. The Labute approximate surface area is 251 Å². The summed E-state index contributed by atoms with van der Waals surface area (Å²) >= 11 is 19.0. The van der Waals surface area contributed by atoms with Gasteiger partial charge in [0.15, 0.2) is 0 Å². The average Bonchev–Trinajstić information content (AvgIpc) is 2.91. The van der Waals surface area contributed by atoms with E-state index in [-0.39, 0.29) is 40.6 Å². The van der Waals surface area contributed by atoms with Crippen molar-refractivity contribution in [2.75, 3.05) is 17.1 Å². The van der Waals surface area contributed by atoms with Gasteiger partial charge >= 0.3 is 0 Å². The van der Waals surface area contributed by atoms with E-state index < -0.39 is 28.5 Å². The van der Waals surface area contributed by atoms with E-state index in [0.29, 0.717) is 17.0 Å². The zero-order chi connectivity index (χ0) is 29.4. The van der Waals surface area contributed by atoms with Gasteiger partial charge in [-0.3, -0.25) is 13.9 Å². The topological polar surface area (TPSA) is 86.8 Å². The van der Waals surface area contributed by atoms with E-state index in [2.05, 4.69) is 5.32 Å². The summed E-state index contributed by atoms with van der Waals surface area (Å²) in [6, 6.07) is 19.8. The first kappa shape index (κ1) is 31.7. The summed E-state index contributed by atoms with van der Waals surface area (Å²) < 4.78 is 26.7. The molecule has 0 aromatic heterocycles. The van der Waals surface area contributed by atoms with Crippen LogP contribution in [0.4, 0.5) is 5.69 Å². The number of benzene rings is 3. The number of hydrogen-bond acceptors (Lipinski definition) is 4. The molecule has 0 bridgehead atoms. The van der Waals surface area contributed by atoms with Crippen molar-refractivity contribution in [3.8, 4) is 0 Å². The zero-order valence-corrected chi connectivity index (χ0v) is 25.6. The number of carbonyl (C=O) groups excluding carboxylic acids is 2. The van der Waals surface area contributed by atoms with Crippen molar-refractivity contribution in [1.82, 2.24) is 10.2 Å². The van der Waals surface area contributed by atoms with Crippen molar-refractivity contribution in [2.24, 2.45) is 0 Å². The molecule has 7 nitrogen and oxygen atoms in total. The maximum Gasteiger partial charge on any atom is 0.244 e. The quantitative estimate of drug-likeness (QED) is 0.269. The predicted molar refractivity (Wildman–Crippen MR) is 162 cm³/mol. The molecule has 0 heterocycles. The molecular formula is C29H32Cl3N3O4S. The van der Waals surface area contributed by atoms with Gasteiger partial charge in [0.25, 0.3) is 0 Å². The summed E-state index contributed by atoms with van der Waals surface area (Å²) in [5.74, 6) is -0.966. The van der Waals surface area contributed by atoms with E-state index in [0.717, 1.165) is 16.1 Å². The molecule has 0 aliphatic carbocycles. The van der Waals surface area contributed by atoms with Gasteiger partial charge in [-0.25, -0.2) is 8.42 Å². The van der Waals surface area contributed by atoms with E-state index >= 15 is 0 Å². The minimum atomic E-state index is -3.98. The van der Waals surface area contributed by atoms with Crippen LogP contribution in [0.2, 0.25) is 15.1 Å². The van der Waals surface area contributed by atoms with Gasteiger partial charge < -0.3 is 10.2 Å². The van der Waals surface area contributed by atoms with Gasteiger partial charge in [-0.1, -0.05) is 96.3 Å². The van der Waals surface area contributed by atoms with Crippen LogP contribution in [0.1, 0.15) is 31.4 Å². The summed E-state index contributed by atoms with van der Waals surface area (Å²) in [6.07, 6.45) is 1.88. The molecule has 214 valence electrons. The standard InChI is InChI=1S/C29H32Cl3N3O4S/c1-4-20(2)33-29(37)26(17-21-11-6-5-7-12-21)34(18-22-13-8-9-14-23(22)30)27(36)19-35(40(3,38)39)25-16-10-15-24(31)28(25)32/h5-16,20,26H,4,17-19H2,1-3H3,(H,33,37)/t20-,26+/m0/s1. The SMILES string of the molecule is CC[C@H](C)NC(=O)[C@@H](Cc1ccccc1)N(Cc1ccccc1Cl)C(=O)CN(c1cccc(Cl)c1Cl)S(C)(=O)=O. The largest absolute Gasteiger partial charge is 0.352 e. The van der Waals surface area contributed by atoms with Crippen LogP contribution in [0.25, 0.3) is 0 Å². The second-order valence-electron chi connectivity index (χ2n) is 9.48. The molecule has 2 amide bonds. The molecule has 0 aliphatic rings. The number of halogens is 3. The van der Waals surface area contributed by atoms with Crippen LogP contribution in [0.5, 0.6) is 0 Å². The van der Waals surface area contributed by atoms with Crippen molar-refractivity contribution in [3.63, 3.8) is 0 Å². The van der Waals surface area contributed by atoms with E-state index in [4.69, 9.17) is 34.8 Å². The Kier molecular flexibility index (Phi) is 11.3. The third-order valence-electron chi connectivity index (χ3n) is 6.45. The monoisotopic (exact) mass is 623 g/mol. The van der Waals surface area contributed by atoms with Gasteiger partial charge in [-0.15, -0.1) is 0 Å². The number of nitrogens with one attached hydrogen (secondary N) is 1. The molecule has 2 atom stereocenters. The number of rotatable bonds is 12. The second-order valence-corrected chi connectivity index (χ2v) is 12.6. The Morgan fingerprint density at radius 1 is 0.900 bits per heavy atom. The van der Waals surface area contributed by atoms with Gasteiger partial charge in [-0.2, -0.15) is 0 Å². The fourth-order valence-electron chi connectivity index (χ4n) is 4.08. The fraction of sp³-hybridized carbons (Fsp3) is 0.310. The van der Waals surface area contributed by atoms with E-state index in [1.807, 2.05) is 44.2 Å². The molecule has 0 unspecified atom stereocenters. The van der Waals surface area contributed by atoms with E-state index in [9.17, 15) is 18.0 Å². The third kappa shape index (κ3) is 8.36. The molecule has 3 aromatic carbocycles. The van der Waals surface area contributed by atoms with Crippen LogP contribution >= 0.6 is 34.8 Å². The normalized spacial score (nSPS) is 12.8. The van der Waals surface area contributed by atoms with Gasteiger partial charge in [0.2, 0.25) is 21.8 Å². The van der Waals surface area contributed by atoms with Gasteiger partial charge in [0, 0.05) is 24.0 Å². The van der Waals surface area contributed by atoms with Crippen LogP contribution in [0.15, 0.2) is 72.8 Å². The number of carbonyl (C=O) groups is 2. The van der Waals surface area contributed by atoms with Crippen molar-refractivity contribution in [1.29, 1.82) is 0 Å².